The Hall–Kier alpha value is -1.88. The maximum atomic E-state index is 14.0. The number of aromatic carboxylic acids is 1. The molecule has 6 nitrogen and oxygen atoms in total. The molecule has 1 amide bonds. The first kappa shape index (κ1) is 27.2. The Morgan fingerprint density at radius 1 is 1.06 bits per heavy atom. The molecule has 0 radical (unpaired) electrons. The molecular formula is C29H42N2O4S. The quantitative estimate of drug-likeness (QED) is 0.477. The van der Waals surface area contributed by atoms with Crippen molar-refractivity contribution < 1.29 is 19.4 Å². The van der Waals surface area contributed by atoms with Crippen LogP contribution in [0, 0.1) is 29.1 Å². The zero-order valence-electron chi connectivity index (χ0n) is 22.3. The number of nitrogens with zero attached hydrogens (tertiary/aromatic N) is 1. The van der Waals surface area contributed by atoms with Crippen molar-refractivity contribution in [1.82, 2.24) is 5.32 Å². The third kappa shape index (κ3) is 6.90. The van der Waals surface area contributed by atoms with Gasteiger partial charge in [-0.3, -0.25) is 4.79 Å². The number of carbonyl (C=O) groups excluding carboxylic acids is 1. The van der Waals surface area contributed by atoms with Crippen molar-refractivity contribution in [2.45, 2.75) is 104 Å². The van der Waals surface area contributed by atoms with Crippen molar-refractivity contribution in [3.63, 3.8) is 0 Å². The molecule has 1 saturated heterocycles. The van der Waals surface area contributed by atoms with Gasteiger partial charge in [-0.1, -0.05) is 18.8 Å². The number of ether oxygens (including phenoxy) is 1. The zero-order valence-corrected chi connectivity index (χ0v) is 23.1. The van der Waals surface area contributed by atoms with E-state index in [0.29, 0.717) is 16.5 Å². The Bertz CT molecular complexity index is 979. The molecule has 0 bridgehead atoms. The highest BCUT2D eigenvalue weighted by Gasteiger charge is 2.38. The molecule has 1 atom stereocenters. The van der Waals surface area contributed by atoms with E-state index < -0.39 is 5.97 Å². The fourth-order valence-corrected chi connectivity index (χ4v) is 6.52. The van der Waals surface area contributed by atoms with Crippen LogP contribution in [-0.2, 0) is 9.53 Å². The van der Waals surface area contributed by atoms with E-state index in [0.717, 1.165) is 70.9 Å². The maximum Gasteiger partial charge on any atom is 0.348 e. The first-order valence-electron chi connectivity index (χ1n) is 13.7. The molecule has 198 valence electrons. The van der Waals surface area contributed by atoms with Crippen LogP contribution in [-0.4, -0.2) is 48.3 Å². The molecule has 3 aliphatic rings. The van der Waals surface area contributed by atoms with E-state index in [9.17, 15) is 14.7 Å². The van der Waals surface area contributed by atoms with Crippen LogP contribution in [0.3, 0.4) is 0 Å². The van der Waals surface area contributed by atoms with E-state index >= 15 is 0 Å². The summed E-state index contributed by atoms with van der Waals surface area (Å²) < 4.78 is 6.33. The molecule has 1 aliphatic heterocycles. The number of anilines is 1. The van der Waals surface area contributed by atoms with E-state index in [1.54, 1.807) is 0 Å². The van der Waals surface area contributed by atoms with Crippen LogP contribution in [0.15, 0.2) is 6.07 Å². The van der Waals surface area contributed by atoms with Crippen LogP contribution in [0.1, 0.15) is 100 Å². The predicted octanol–water partition coefficient (Wildman–Crippen LogP) is 5.69. The summed E-state index contributed by atoms with van der Waals surface area (Å²) in [6, 6.07) is 1.85. The van der Waals surface area contributed by atoms with Crippen molar-refractivity contribution in [2.24, 2.45) is 17.3 Å². The van der Waals surface area contributed by atoms with Crippen molar-refractivity contribution in [3.05, 3.63) is 15.8 Å². The van der Waals surface area contributed by atoms with Gasteiger partial charge in [0.1, 0.15) is 4.88 Å². The summed E-state index contributed by atoms with van der Waals surface area (Å²) in [6.07, 6.45) is 8.89. The molecule has 0 unspecified atom stereocenters. The van der Waals surface area contributed by atoms with Gasteiger partial charge in [-0.2, -0.15) is 0 Å². The summed E-state index contributed by atoms with van der Waals surface area (Å²) in [6.45, 7) is 10.3. The zero-order chi connectivity index (χ0) is 25.9. The second kappa shape index (κ2) is 11.7. The van der Waals surface area contributed by atoms with Gasteiger partial charge in [0.2, 0.25) is 5.91 Å². The molecule has 36 heavy (non-hydrogen) atoms. The lowest BCUT2D eigenvalue weighted by Crippen LogP contribution is -2.47. The van der Waals surface area contributed by atoms with E-state index in [1.165, 1.54) is 11.3 Å². The topological polar surface area (TPSA) is 78.9 Å². The normalized spacial score (nSPS) is 28.8. The summed E-state index contributed by atoms with van der Waals surface area (Å²) >= 11 is 1.19. The van der Waals surface area contributed by atoms with Crippen LogP contribution < -0.4 is 10.2 Å². The molecule has 2 heterocycles. The summed E-state index contributed by atoms with van der Waals surface area (Å²) in [4.78, 5) is 29.1. The van der Waals surface area contributed by atoms with Crippen LogP contribution in [0.4, 0.5) is 5.69 Å². The van der Waals surface area contributed by atoms with E-state index in [2.05, 4.69) is 24.1 Å². The molecule has 3 fully saturated rings. The van der Waals surface area contributed by atoms with E-state index in [1.807, 2.05) is 31.7 Å². The number of hydrogen-bond donors (Lipinski definition) is 2. The third-order valence-corrected chi connectivity index (χ3v) is 8.77. The van der Waals surface area contributed by atoms with Crippen LogP contribution in [0.5, 0.6) is 0 Å². The first-order valence-corrected chi connectivity index (χ1v) is 14.5. The van der Waals surface area contributed by atoms with Crippen LogP contribution in [0.25, 0.3) is 0 Å². The number of rotatable bonds is 6. The summed E-state index contributed by atoms with van der Waals surface area (Å²) in [5, 5.41) is 13.4. The van der Waals surface area contributed by atoms with Crippen LogP contribution >= 0.6 is 11.3 Å². The lowest BCUT2D eigenvalue weighted by atomic mass is 9.81. The van der Waals surface area contributed by atoms with Crippen molar-refractivity contribution in [3.8, 4) is 11.8 Å². The van der Waals surface area contributed by atoms with Gasteiger partial charge < -0.3 is 20.1 Å². The Morgan fingerprint density at radius 3 is 2.33 bits per heavy atom. The lowest BCUT2D eigenvalue weighted by molar-refractivity contribution is -0.124. The first-order chi connectivity index (χ1) is 17.1. The molecule has 2 saturated carbocycles. The number of carboxylic acids is 1. The molecule has 2 aliphatic carbocycles. The van der Waals surface area contributed by atoms with Gasteiger partial charge in [0.15, 0.2) is 0 Å². The predicted molar refractivity (Wildman–Crippen MR) is 145 cm³/mol. The van der Waals surface area contributed by atoms with Gasteiger partial charge in [0.25, 0.3) is 0 Å². The number of hydrogen-bond acceptors (Lipinski definition) is 5. The van der Waals surface area contributed by atoms with Crippen molar-refractivity contribution >= 4 is 28.9 Å². The fraction of sp³-hybridized carbons (Fsp3) is 0.724. The molecular weight excluding hydrogens is 472 g/mol. The molecule has 1 aromatic heterocycles. The van der Waals surface area contributed by atoms with Crippen molar-refractivity contribution in [1.29, 1.82) is 0 Å². The minimum Gasteiger partial charge on any atom is -0.477 e. The van der Waals surface area contributed by atoms with E-state index in [-0.39, 0.29) is 40.4 Å². The van der Waals surface area contributed by atoms with Gasteiger partial charge in [-0.15, -0.1) is 11.3 Å². The van der Waals surface area contributed by atoms with Gasteiger partial charge in [0, 0.05) is 23.9 Å². The number of nitrogens with one attached hydrogen (secondary N) is 1. The standard InChI is InChI=1S/C29H42N2O4S/c1-19-5-7-20(8-6-19)27(32)31(21-9-11-22(12-10-21)35-23-14-16-30-18-23)25-17-24(13-15-29(2,3)4)36-26(25)28(33)34/h17,19-23,30H,5-12,14,16,18H2,1-4H3,(H,33,34)/t19-,20-,21-,22-,23-/m1/s1. The number of carboxylic acid groups (broad SMARTS) is 1. The Kier molecular flexibility index (Phi) is 8.80. The van der Waals surface area contributed by atoms with Gasteiger partial charge in [-0.25, -0.2) is 4.79 Å². The SMILES string of the molecule is CC(C)(C)C#Cc1cc(N(C(=O)[C@H]2CC[C@H](C)CC2)[C@H]2CC[C@H](O[C@@H]3CCNC3)CC2)c(C(=O)O)s1. The van der Waals surface area contributed by atoms with Crippen LogP contribution in [0.2, 0.25) is 0 Å². The monoisotopic (exact) mass is 514 g/mol. The largest absolute Gasteiger partial charge is 0.477 e. The summed E-state index contributed by atoms with van der Waals surface area (Å²) in [5.74, 6) is 6.11. The second-order valence-corrected chi connectivity index (χ2v) is 13.0. The Morgan fingerprint density at radius 2 is 1.75 bits per heavy atom. The number of amides is 1. The molecule has 4 rings (SSSR count). The highest BCUT2D eigenvalue weighted by molar-refractivity contribution is 7.15. The smallest absolute Gasteiger partial charge is 0.348 e. The fourth-order valence-electron chi connectivity index (χ4n) is 5.68. The molecule has 7 heteroatoms. The molecule has 0 spiro atoms. The molecule has 0 aromatic carbocycles. The van der Waals surface area contributed by atoms with E-state index in [4.69, 9.17) is 4.74 Å². The number of thiophene rings is 1. The average Bonchev–Trinajstić information content (AvgIpc) is 3.49. The highest BCUT2D eigenvalue weighted by atomic mass is 32.1. The summed E-state index contributed by atoms with van der Waals surface area (Å²) in [7, 11) is 0. The minimum atomic E-state index is -0.986. The highest BCUT2D eigenvalue weighted by Crippen LogP contribution is 2.39. The molecule has 1 aromatic rings. The Labute approximate surface area is 220 Å². The Balaban J connectivity index is 1.60. The second-order valence-electron chi connectivity index (χ2n) is 12.0. The maximum absolute atomic E-state index is 14.0. The van der Waals surface area contributed by atoms with Gasteiger partial charge >= 0.3 is 5.97 Å². The lowest BCUT2D eigenvalue weighted by Gasteiger charge is -2.40. The average molecular weight is 515 g/mol. The summed E-state index contributed by atoms with van der Waals surface area (Å²) in [5.41, 5.74) is 0.355. The number of carbonyl (C=O) groups is 2. The molecule has 2 N–H and O–H groups in total. The van der Waals surface area contributed by atoms with Gasteiger partial charge in [0.05, 0.1) is 22.8 Å². The third-order valence-electron chi connectivity index (χ3n) is 7.74. The van der Waals surface area contributed by atoms with Crippen molar-refractivity contribution in [2.75, 3.05) is 18.0 Å². The van der Waals surface area contributed by atoms with Gasteiger partial charge in [-0.05, 0) is 97.1 Å². The minimum absolute atomic E-state index is 0.00507.